The molecule has 2 amide bonds. The highest BCUT2D eigenvalue weighted by Gasteiger charge is 2.36. The Balaban J connectivity index is 1.43. The number of amides is 2. The van der Waals surface area contributed by atoms with Crippen LogP contribution < -0.4 is 25.4 Å². The molecule has 0 spiro atoms. The molecule has 2 heterocycles. The minimum Gasteiger partial charge on any atom is -0.443 e. The van der Waals surface area contributed by atoms with Crippen LogP contribution in [0.25, 0.3) is 0 Å². The van der Waals surface area contributed by atoms with Crippen molar-refractivity contribution in [2.75, 3.05) is 54.0 Å². The predicted octanol–water partition coefficient (Wildman–Crippen LogP) is 3.19. The molecule has 4 rings (SSSR count). The van der Waals surface area contributed by atoms with E-state index in [1.807, 2.05) is 0 Å². The smallest absolute Gasteiger partial charge is 0.414 e. The van der Waals surface area contributed by atoms with Crippen molar-refractivity contribution in [3.8, 4) is 5.75 Å². The minimum absolute atomic E-state index is 0.0171. The van der Waals surface area contributed by atoms with E-state index in [4.69, 9.17) is 15.0 Å². The van der Waals surface area contributed by atoms with E-state index in [0.29, 0.717) is 11.4 Å². The van der Waals surface area contributed by atoms with Gasteiger partial charge in [-0.2, -0.15) is 0 Å². The highest BCUT2D eigenvalue weighted by atomic mass is 31.2. The monoisotopic (exact) mass is 494 g/mol. The number of benzene rings is 2. The Morgan fingerprint density at radius 3 is 2.41 bits per heavy atom. The molecule has 0 aliphatic carbocycles. The van der Waals surface area contributed by atoms with Crippen molar-refractivity contribution in [3.05, 3.63) is 48.0 Å². The van der Waals surface area contributed by atoms with E-state index in [2.05, 4.69) is 5.32 Å². The van der Waals surface area contributed by atoms with Gasteiger partial charge in [-0.25, -0.2) is 13.6 Å². The number of carbonyl (C=O) groups is 2. The van der Waals surface area contributed by atoms with Crippen molar-refractivity contribution in [2.24, 2.45) is 0 Å². The Morgan fingerprint density at radius 2 is 1.82 bits per heavy atom. The summed E-state index contributed by atoms with van der Waals surface area (Å²) in [4.78, 5) is 25.8. The van der Waals surface area contributed by atoms with Gasteiger partial charge < -0.3 is 25.2 Å². The lowest BCUT2D eigenvalue weighted by atomic mass is 10.2. The molecule has 0 saturated carbocycles. The van der Waals surface area contributed by atoms with E-state index in [1.165, 1.54) is 11.8 Å². The highest BCUT2D eigenvalue weighted by molar-refractivity contribution is 7.59. The summed E-state index contributed by atoms with van der Waals surface area (Å²) >= 11 is 0. The van der Waals surface area contributed by atoms with Gasteiger partial charge in [-0.15, -0.1) is 0 Å². The Labute approximate surface area is 195 Å². The van der Waals surface area contributed by atoms with E-state index in [1.54, 1.807) is 24.3 Å². The number of nitrogen functional groups attached to an aromatic ring is 1. The molecule has 0 aromatic heterocycles. The Hall–Kier alpha value is -3.33. The fourth-order valence-electron chi connectivity index (χ4n) is 3.91. The number of anilines is 3. The van der Waals surface area contributed by atoms with Crippen LogP contribution in [0.3, 0.4) is 0 Å². The molecule has 1 atom stereocenters. The maximum Gasteiger partial charge on any atom is 0.414 e. The van der Waals surface area contributed by atoms with Gasteiger partial charge in [-0.05, 0) is 24.3 Å². The van der Waals surface area contributed by atoms with Gasteiger partial charge >= 0.3 is 6.09 Å². The number of rotatable bonds is 6. The molecule has 2 aromatic carbocycles. The van der Waals surface area contributed by atoms with Gasteiger partial charge in [-0.1, -0.05) is 0 Å². The Bertz CT molecular complexity index is 1110. The summed E-state index contributed by atoms with van der Waals surface area (Å²) in [5, 5.41) is 2.54. The number of hydrogen-bond donors (Lipinski definition) is 2. The number of nitrogens with one attached hydrogen (secondary N) is 1. The standard InChI is InChI=1S/C22H25F2N4O5P/c1-14(29)26-12-18-13-28(22(30)32-18)16-10-19(23)21(20(24)11-16)27-6-8-34(31,9-7-27)33-17-4-2-15(25)3-5-17/h2-5,10-11,18H,6-9,12-13,25H2,1H3,(H,26,29)/t18-/m0/s1. The van der Waals surface area contributed by atoms with E-state index in [0.717, 1.165) is 17.0 Å². The lowest BCUT2D eigenvalue weighted by Gasteiger charge is -2.34. The number of hydrogen-bond acceptors (Lipinski definition) is 7. The quantitative estimate of drug-likeness (QED) is 0.468. The molecule has 2 aromatic rings. The SMILES string of the molecule is CC(=O)NC[C@H]1CN(c2cc(F)c(N3CCP(=O)(Oc4ccc(N)cc4)CC3)c(F)c2)C(=O)O1. The zero-order valence-electron chi connectivity index (χ0n) is 18.5. The molecule has 0 bridgehead atoms. The van der Waals surface area contributed by atoms with Crippen LogP contribution >= 0.6 is 7.37 Å². The van der Waals surface area contributed by atoms with Crippen LogP contribution in [-0.2, 0) is 14.1 Å². The lowest BCUT2D eigenvalue weighted by Crippen LogP contribution is -2.37. The van der Waals surface area contributed by atoms with Gasteiger partial charge in [0.2, 0.25) is 5.91 Å². The van der Waals surface area contributed by atoms with Crippen molar-refractivity contribution in [1.29, 1.82) is 0 Å². The number of nitrogens with two attached hydrogens (primary N) is 1. The normalized spacial score (nSPS) is 19.6. The molecular weight excluding hydrogens is 469 g/mol. The zero-order chi connectivity index (χ0) is 24.5. The van der Waals surface area contributed by atoms with Crippen molar-refractivity contribution in [1.82, 2.24) is 5.32 Å². The first-order valence-corrected chi connectivity index (χ1v) is 12.7. The molecule has 12 heteroatoms. The van der Waals surface area contributed by atoms with Gasteiger partial charge in [0, 0.05) is 37.8 Å². The second-order valence-corrected chi connectivity index (χ2v) is 10.9. The molecule has 0 unspecified atom stereocenters. The second kappa shape index (κ2) is 9.50. The van der Waals surface area contributed by atoms with Crippen LogP contribution in [0, 0.1) is 11.6 Å². The Morgan fingerprint density at radius 1 is 1.21 bits per heavy atom. The number of carbonyl (C=O) groups excluding carboxylic acids is 2. The Kier molecular flexibility index (Phi) is 6.65. The summed E-state index contributed by atoms with van der Waals surface area (Å²) < 4.78 is 53.9. The van der Waals surface area contributed by atoms with Crippen LogP contribution in [0.5, 0.6) is 5.75 Å². The van der Waals surface area contributed by atoms with Crippen LogP contribution in [0.15, 0.2) is 36.4 Å². The van der Waals surface area contributed by atoms with Crippen LogP contribution in [0.4, 0.5) is 30.6 Å². The maximum atomic E-state index is 15.0. The fraction of sp³-hybridized carbons (Fsp3) is 0.364. The first kappa shape index (κ1) is 23.8. The van der Waals surface area contributed by atoms with Crippen LogP contribution in [-0.4, -0.2) is 56.6 Å². The first-order chi connectivity index (χ1) is 16.1. The fourth-order valence-corrected chi connectivity index (χ4v) is 5.92. The molecule has 2 saturated heterocycles. The molecule has 0 radical (unpaired) electrons. The van der Waals surface area contributed by atoms with Gasteiger partial charge in [0.15, 0.2) is 11.6 Å². The summed E-state index contributed by atoms with van der Waals surface area (Å²) in [5.74, 6) is -1.53. The number of halogens is 2. The summed E-state index contributed by atoms with van der Waals surface area (Å²) in [7, 11) is -3.02. The van der Waals surface area contributed by atoms with Gasteiger partial charge in [0.05, 0.1) is 31.1 Å². The molecule has 2 aliphatic heterocycles. The second-order valence-electron chi connectivity index (χ2n) is 8.22. The average Bonchev–Trinajstić information content (AvgIpc) is 3.15. The third-order valence-electron chi connectivity index (χ3n) is 5.66. The van der Waals surface area contributed by atoms with E-state index in [-0.39, 0.29) is 55.8 Å². The summed E-state index contributed by atoms with van der Waals surface area (Å²) in [6.45, 7) is 1.77. The summed E-state index contributed by atoms with van der Waals surface area (Å²) in [6.07, 6.45) is -1.12. The van der Waals surface area contributed by atoms with Crippen LogP contribution in [0.2, 0.25) is 0 Å². The molecule has 3 N–H and O–H groups in total. The van der Waals surface area contributed by atoms with Crippen molar-refractivity contribution in [3.63, 3.8) is 0 Å². The van der Waals surface area contributed by atoms with Gasteiger partial charge in [0.1, 0.15) is 17.5 Å². The van der Waals surface area contributed by atoms with Crippen molar-refractivity contribution >= 4 is 36.4 Å². The van der Waals surface area contributed by atoms with E-state index in [9.17, 15) is 22.9 Å². The maximum absolute atomic E-state index is 15.0. The largest absolute Gasteiger partial charge is 0.443 e. The topological polar surface area (TPSA) is 114 Å². The first-order valence-electron chi connectivity index (χ1n) is 10.7. The number of ether oxygens (including phenoxy) is 1. The van der Waals surface area contributed by atoms with Crippen molar-refractivity contribution in [2.45, 2.75) is 13.0 Å². The third kappa shape index (κ3) is 5.25. The molecule has 182 valence electrons. The predicted molar refractivity (Wildman–Crippen MR) is 124 cm³/mol. The summed E-state index contributed by atoms with van der Waals surface area (Å²) in [5.41, 5.74) is 5.97. The molecule has 9 nitrogen and oxygen atoms in total. The summed E-state index contributed by atoms with van der Waals surface area (Å²) in [6, 6.07) is 8.68. The molecular formula is C22H25F2N4O5P. The zero-order valence-corrected chi connectivity index (χ0v) is 19.4. The molecule has 34 heavy (non-hydrogen) atoms. The highest BCUT2D eigenvalue weighted by Crippen LogP contribution is 2.49. The number of cyclic esters (lactones) is 1. The van der Waals surface area contributed by atoms with Crippen molar-refractivity contribution < 1.29 is 32.2 Å². The average molecular weight is 494 g/mol. The third-order valence-corrected chi connectivity index (χ3v) is 7.96. The molecule has 2 aliphatic rings. The van der Waals surface area contributed by atoms with Gasteiger partial charge in [-0.3, -0.25) is 14.3 Å². The number of nitrogens with zero attached hydrogens (tertiary/aromatic N) is 2. The van der Waals surface area contributed by atoms with E-state index >= 15 is 0 Å². The minimum atomic E-state index is -3.02. The van der Waals surface area contributed by atoms with Gasteiger partial charge in [0.25, 0.3) is 7.37 Å². The van der Waals surface area contributed by atoms with E-state index < -0.39 is 31.2 Å². The molecule has 2 fully saturated rings. The van der Waals surface area contributed by atoms with Crippen LogP contribution in [0.1, 0.15) is 6.92 Å². The lowest BCUT2D eigenvalue weighted by molar-refractivity contribution is -0.119.